The van der Waals surface area contributed by atoms with Gasteiger partial charge >= 0.3 is 0 Å². The van der Waals surface area contributed by atoms with E-state index >= 15 is 0 Å². The Morgan fingerprint density at radius 3 is 2.36 bits per heavy atom. The van der Waals surface area contributed by atoms with Crippen molar-refractivity contribution in [3.63, 3.8) is 0 Å². The van der Waals surface area contributed by atoms with Crippen LogP contribution in [0.1, 0.15) is 18.9 Å². The first kappa shape index (κ1) is 11.2. The smallest absolute Gasteiger partial charge is 0.0571 e. The summed E-state index contributed by atoms with van der Waals surface area (Å²) in [5, 5.41) is 0. The molecule has 0 saturated heterocycles. The predicted molar refractivity (Wildman–Crippen MR) is 59.3 cm³/mol. The fourth-order valence-corrected chi connectivity index (χ4v) is 1.78. The van der Waals surface area contributed by atoms with E-state index < -0.39 is 0 Å². The van der Waals surface area contributed by atoms with Gasteiger partial charge in [-0.05, 0) is 12.0 Å². The lowest BCUT2D eigenvalue weighted by Crippen LogP contribution is -2.38. The van der Waals surface area contributed by atoms with Crippen LogP contribution in [0, 0.1) is 0 Å². The molecule has 2 heteroatoms. The molecule has 0 bridgehead atoms. The molecule has 0 aliphatic carbocycles. The highest BCUT2D eigenvalue weighted by Crippen LogP contribution is 2.26. The number of hydrogen-bond acceptors (Lipinski definition) is 2. The molecular formula is C12H19NO. The van der Waals surface area contributed by atoms with Gasteiger partial charge in [0.05, 0.1) is 6.61 Å². The summed E-state index contributed by atoms with van der Waals surface area (Å²) in [6, 6.07) is 10.4. The normalized spacial score (nSPS) is 15.1. The molecule has 2 N–H and O–H groups in total. The third-order valence-electron chi connectivity index (χ3n) is 2.87. The SMILES string of the molecule is CCC(CN)(COC)c1ccccc1. The molecule has 1 rings (SSSR count). The van der Waals surface area contributed by atoms with Crippen molar-refractivity contribution in [3.05, 3.63) is 35.9 Å². The van der Waals surface area contributed by atoms with Gasteiger partial charge in [-0.2, -0.15) is 0 Å². The first-order chi connectivity index (χ1) is 6.79. The van der Waals surface area contributed by atoms with Crippen LogP contribution in [0.4, 0.5) is 0 Å². The zero-order valence-electron chi connectivity index (χ0n) is 8.99. The van der Waals surface area contributed by atoms with E-state index in [1.807, 2.05) is 18.2 Å². The van der Waals surface area contributed by atoms with E-state index in [4.69, 9.17) is 10.5 Å². The Morgan fingerprint density at radius 1 is 1.29 bits per heavy atom. The fraction of sp³-hybridized carbons (Fsp3) is 0.500. The molecule has 0 saturated carbocycles. The zero-order chi connectivity index (χ0) is 10.4. The van der Waals surface area contributed by atoms with Gasteiger partial charge in [-0.15, -0.1) is 0 Å². The minimum atomic E-state index is -0.0178. The molecule has 0 fully saturated rings. The fourth-order valence-electron chi connectivity index (χ4n) is 1.78. The standard InChI is InChI=1S/C12H19NO/c1-3-12(9-13,10-14-2)11-7-5-4-6-8-11/h4-8H,3,9-10,13H2,1-2H3. The third-order valence-corrected chi connectivity index (χ3v) is 2.87. The van der Waals surface area contributed by atoms with Crippen molar-refractivity contribution >= 4 is 0 Å². The maximum Gasteiger partial charge on any atom is 0.0571 e. The lowest BCUT2D eigenvalue weighted by molar-refractivity contribution is 0.130. The van der Waals surface area contributed by atoms with Gasteiger partial charge < -0.3 is 10.5 Å². The Labute approximate surface area is 86.1 Å². The van der Waals surface area contributed by atoms with E-state index in [9.17, 15) is 0 Å². The molecule has 1 aromatic rings. The van der Waals surface area contributed by atoms with Gasteiger partial charge in [0.25, 0.3) is 0 Å². The number of nitrogens with two attached hydrogens (primary N) is 1. The molecule has 0 aromatic heterocycles. The van der Waals surface area contributed by atoms with Crippen LogP contribution in [0.25, 0.3) is 0 Å². The summed E-state index contributed by atoms with van der Waals surface area (Å²) in [7, 11) is 1.73. The first-order valence-electron chi connectivity index (χ1n) is 5.03. The Hall–Kier alpha value is -0.860. The van der Waals surface area contributed by atoms with Gasteiger partial charge in [-0.3, -0.25) is 0 Å². The minimum absolute atomic E-state index is 0.0178. The Bertz CT molecular complexity index is 254. The average Bonchev–Trinajstić information content (AvgIpc) is 2.27. The Kier molecular flexibility index (Phi) is 4.11. The van der Waals surface area contributed by atoms with Crippen LogP contribution in [0.15, 0.2) is 30.3 Å². The van der Waals surface area contributed by atoms with Crippen molar-refractivity contribution in [2.24, 2.45) is 5.73 Å². The predicted octanol–water partition coefficient (Wildman–Crippen LogP) is 1.94. The van der Waals surface area contributed by atoms with Crippen LogP contribution < -0.4 is 5.73 Å². The maximum absolute atomic E-state index is 5.86. The maximum atomic E-state index is 5.86. The van der Waals surface area contributed by atoms with E-state index in [0.717, 1.165) is 6.42 Å². The highest BCUT2D eigenvalue weighted by Gasteiger charge is 2.28. The molecule has 0 radical (unpaired) electrons. The molecule has 0 spiro atoms. The van der Waals surface area contributed by atoms with Gasteiger partial charge in [0.1, 0.15) is 0 Å². The summed E-state index contributed by atoms with van der Waals surface area (Å²) in [5.74, 6) is 0. The number of benzene rings is 1. The topological polar surface area (TPSA) is 35.2 Å². The molecule has 0 aliphatic rings. The van der Waals surface area contributed by atoms with E-state index in [2.05, 4.69) is 19.1 Å². The van der Waals surface area contributed by atoms with Gasteiger partial charge in [0, 0.05) is 19.1 Å². The lowest BCUT2D eigenvalue weighted by atomic mass is 9.79. The molecular weight excluding hydrogens is 174 g/mol. The zero-order valence-corrected chi connectivity index (χ0v) is 8.99. The van der Waals surface area contributed by atoms with E-state index in [1.165, 1.54) is 5.56 Å². The van der Waals surface area contributed by atoms with Crippen molar-refractivity contribution < 1.29 is 4.74 Å². The third kappa shape index (κ3) is 2.14. The van der Waals surface area contributed by atoms with Crippen LogP contribution in [-0.4, -0.2) is 20.3 Å². The Morgan fingerprint density at radius 2 is 1.93 bits per heavy atom. The van der Waals surface area contributed by atoms with Crippen molar-refractivity contribution in [2.45, 2.75) is 18.8 Å². The van der Waals surface area contributed by atoms with Gasteiger partial charge in [0.2, 0.25) is 0 Å². The second-order valence-electron chi connectivity index (χ2n) is 3.64. The van der Waals surface area contributed by atoms with Crippen LogP contribution in [0.3, 0.4) is 0 Å². The van der Waals surface area contributed by atoms with Crippen LogP contribution >= 0.6 is 0 Å². The summed E-state index contributed by atoms with van der Waals surface area (Å²) in [6.45, 7) is 3.46. The monoisotopic (exact) mass is 193 g/mol. The van der Waals surface area contributed by atoms with Crippen molar-refractivity contribution in [2.75, 3.05) is 20.3 Å². The highest BCUT2D eigenvalue weighted by molar-refractivity contribution is 5.25. The molecule has 2 nitrogen and oxygen atoms in total. The number of rotatable bonds is 5. The van der Waals surface area contributed by atoms with Crippen LogP contribution in [-0.2, 0) is 10.2 Å². The van der Waals surface area contributed by atoms with Crippen molar-refractivity contribution in [1.29, 1.82) is 0 Å². The summed E-state index contributed by atoms with van der Waals surface area (Å²) >= 11 is 0. The summed E-state index contributed by atoms with van der Waals surface area (Å²) in [4.78, 5) is 0. The van der Waals surface area contributed by atoms with E-state index in [1.54, 1.807) is 7.11 Å². The largest absolute Gasteiger partial charge is 0.384 e. The summed E-state index contributed by atoms with van der Waals surface area (Å²) in [5.41, 5.74) is 7.11. The molecule has 0 aliphatic heterocycles. The molecule has 78 valence electrons. The quantitative estimate of drug-likeness (QED) is 0.775. The second kappa shape index (κ2) is 5.13. The molecule has 1 aromatic carbocycles. The molecule has 0 heterocycles. The highest BCUT2D eigenvalue weighted by atomic mass is 16.5. The molecule has 14 heavy (non-hydrogen) atoms. The minimum Gasteiger partial charge on any atom is -0.384 e. The average molecular weight is 193 g/mol. The molecule has 1 atom stereocenters. The van der Waals surface area contributed by atoms with Crippen LogP contribution in [0.5, 0.6) is 0 Å². The summed E-state index contributed by atoms with van der Waals surface area (Å²) < 4.78 is 5.26. The molecule has 1 unspecified atom stereocenters. The number of ether oxygens (including phenoxy) is 1. The van der Waals surface area contributed by atoms with Crippen molar-refractivity contribution in [1.82, 2.24) is 0 Å². The number of methoxy groups -OCH3 is 1. The van der Waals surface area contributed by atoms with E-state index in [-0.39, 0.29) is 5.41 Å². The Balaban J connectivity index is 2.98. The molecule has 0 amide bonds. The van der Waals surface area contributed by atoms with Crippen molar-refractivity contribution in [3.8, 4) is 0 Å². The van der Waals surface area contributed by atoms with Gasteiger partial charge in [-0.25, -0.2) is 0 Å². The lowest BCUT2D eigenvalue weighted by Gasteiger charge is -2.31. The van der Waals surface area contributed by atoms with E-state index in [0.29, 0.717) is 13.2 Å². The van der Waals surface area contributed by atoms with Crippen LogP contribution in [0.2, 0.25) is 0 Å². The second-order valence-corrected chi connectivity index (χ2v) is 3.64. The summed E-state index contributed by atoms with van der Waals surface area (Å²) in [6.07, 6.45) is 1.00. The van der Waals surface area contributed by atoms with Gasteiger partial charge in [0.15, 0.2) is 0 Å². The first-order valence-corrected chi connectivity index (χ1v) is 5.03. The number of hydrogen-bond donors (Lipinski definition) is 1. The van der Waals surface area contributed by atoms with Gasteiger partial charge in [-0.1, -0.05) is 37.3 Å².